The van der Waals surface area contributed by atoms with E-state index in [4.69, 9.17) is 0 Å². The van der Waals surface area contributed by atoms with Crippen LogP contribution in [0.4, 0.5) is 11.6 Å². The third-order valence-corrected chi connectivity index (χ3v) is 3.94. The zero-order chi connectivity index (χ0) is 19.3. The quantitative estimate of drug-likeness (QED) is 0.833. The van der Waals surface area contributed by atoms with Crippen LogP contribution in [-0.4, -0.2) is 48.0 Å². The SMILES string of the molecule is Cc1cc(C(=O)NCCN(C)C)nc(Nc2ccc(C(C)(C)C)cc2)n1. The van der Waals surface area contributed by atoms with Crippen LogP contribution in [0.25, 0.3) is 0 Å². The minimum Gasteiger partial charge on any atom is -0.349 e. The maximum atomic E-state index is 12.3. The molecule has 0 atom stereocenters. The molecule has 0 saturated heterocycles. The Bertz CT molecular complexity index is 748. The van der Waals surface area contributed by atoms with Gasteiger partial charge in [-0.05, 0) is 50.2 Å². The van der Waals surface area contributed by atoms with E-state index < -0.39 is 0 Å². The van der Waals surface area contributed by atoms with E-state index in [-0.39, 0.29) is 11.3 Å². The lowest BCUT2D eigenvalue weighted by Gasteiger charge is -2.19. The molecule has 140 valence electrons. The fraction of sp³-hybridized carbons (Fsp3) is 0.450. The highest BCUT2D eigenvalue weighted by Crippen LogP contribution is 2.24. The Kier molecular flexibility index (Phi) is 6.32. The van der Waals surface area contributed by atoms with E-state index in [1.54, 1.807) is 6.07 Å². The highest BCUT2D eigenvalue weighted by Gasteiger charge is 2.14. The van der Waals surface area contributed by atoms with Crippen LogP contribution in [0.1, 0.15) is 42.5 Å². The number of anilines is 2. The van der Waals surface area contributed by atoms with Gasteiger partial charge in [0.05, 0.1) is 0 Å². The number of carbonyl (C=O) groups is 1. The number of benzene rings is 1. The summed E-state index contributed by atoms with van der Waals surface area (Å²) in [4.78, 5) is 23.0. The zero-order valence-electron chi connectivity index (χ0n) is 16.6. The van der Waals surface area contributed by atoms with E-state index in [0.717, 1.165) is 17.9 Å². The van der Waals surface area contributed by atoms with Gasteiger partial charge in [-0.2, -0.15) is 0 Å². The summed E-state index contributed by atoms with van der Waals surface area (Å²) >= 11 is 0. The molecule has 1 aromatic carbocycles. The normalized spacial score (nSPS) is 11.5. The summed E-state index contributed by atoms with van der Waals surface area (Å²) in [6.07, 6.45) is 0. The van der Waals surface area contributed by atoms with Gasteiger partial charge in [0.15, 0.2) is 0 Å². The van der Waals surface area contributed by atoms with E-state index in [0.29, 0.717) is 18.2 Å². The molecule has 0 saturated carbocycles. The average molecular weight is 355 g/mol. The van der Waals surface area contributed by atoms with E-state index in [1.807, 2.05) is 38.1 Å². The number of nitrogens with zero attached hydrogens (tertiary/aromatic N) is 3. The number of aryl methyl sites for hydroxylation is 1. The van der Waals surface area contributed by atoms with Gasteiger partial charge >= 0.3 is 0 Å². The molecule has 6 nitrogen and oxygen atoms in total. The molecule has 2 N–H and O–H groups in total. The van der Waals surface area contributed by atoms with Gasteiger partial charge in [0, 0.05) is 24.5 Å². The van der Waals surface area contributed by atoms with E-state index >= 15 is 0 Å². The number of nitrogens with one attached hydrogen (secondary N) is 2. The second-order valence-electron chi connectivity index (χ2n) is 7.73. The molecule has 0 aliphatic rings. The number of aromatic nitrogens is 2. The Hall–Kier alpha value is -2.47. The van der Waals surface area contributed by atoms with Gasteiger partial charge in [0.2, 0.25) is 5.95 Å². The lowest BCUT2D eigenvalue weighted by molar-refractivity contribution is 0.0946. The van der Waals surface area contributed by atoms with E-state index in [1.165, 1.54) is 5.56 Å². The predicted octanol–water partition coefficient (Wildman–Crippen LogP) is 3.12. The molecule has 2 rings (SSSR count). The number of amides is 1. The molecule has 0 aliphatic heterocycles. The number of rotatable bonds is 6. The van der Waals surface area contributed by atoms with E-state index in [2.05, 4.69) is 53.5 Å². The van der Waals surface area contributed by atoms with Crippen LogP contribution in [0.15, 0.2) is 30.3 Å². The summed E-state index contributed by atoms with van der Waals surface area (Å²) in [7, 11) is 3.93. The first-order chi connectivity index (χ1) is 12.1. The first-order valence-electron chi connectivity index (χ1n) is 8.81. The summed E-state index contributed by atoms with van der Waals surface area (Å²) in [6, 6.07) is 9.88. The molecule has 0 aliphatic carbocycles. The summed E-state index contributed by atoms with van der Waals surface area (Å²) in [5.74, 6) is 0.231. The van der Waals surface area contributed by atoms with Gasteiger partial charge in [0.1, 0.15) is 5.69 Å². The van der Waals surface area contributed by atoms with Crippen LogP contribution in [0.2, 0.25) is 0 Å². The summed E-state index contributed by atoms with van der Waals surface area (Å²) < 4.78 is 0. The van der Waals surface area contributed by atoms with E-state index in [9.17, 15) is 4.79 Å². The monoisotopic (exact) mass is 355 g/mol. The molecule has 0 spiro atoms. The first-order valence-corrected chi connectivity index (χ1v) is 8.81. The van der Waals surface area contributed by atoms with Gasteiger partial charge in [-0.3, -0.25) is 4.79 Å². The highest BCUT2D eigenvalue weighted by molar-refractivity contribution is 5.92. The second-order valence-corrected chi connectivity index (χ2v) is 7.73. The average Bonchev–Trinajstić information content (AvgIpc) is 2.53. The molecule has 2 aromatic rings. The summed E-state index contributed by atoms with van der Waals surface area (Å²) in [5.41, 5.74) is 3.37. The molecular formula is C20H29N5O. The van der Waals surface area contributed by atoms with Gasteiger partial charge < -0.3 is 15.5 Å². The smallest absolute Gasteiger partial charge is 0.270 e. The highest BCUT2D eigenvalue weighted by atomic mass is 16.1. The Morgan fingerprint density at radius 2 is 1.77 bits per heavy atom. The predicted molar refractivity (Wildman–Crippen MR) is 106 cm³/mol. The zero-order valence-corrected chi connectivity index (χ0v) is 16.6. The third-order valence-electron chi connectivity index (χ3n) is 3.94. The number of carbonyl (C=O) groups excluding carboxylic acids is 1. The van der Waals surface area contributed by atoms with Crippen molar-refractivity contribution in [2.75, 3.05) is 32.5 Å². The molecule has 6 heteroatoms. The van der Waals surface area contributed by atoms with Crippen molar-refractivity contribution >= 4 is 17.5 Å². The topological polar surface area (TPSA) is 70.2 Å². The van der Waals surface area contributed by atoms with Crippen molar-refractivity contribution in [1.29, 1.82) is 0 Å². The Morgan fingerprint density at radius 1 is 1.12 bits per heavy atom. The van der Waals surface area contributed by atoms with Crippen molar-refractivity contribution in [1.82, 2.24) is 20.2 Å². The molecule has 0 fully saturated rings. The van der Waals surface area contributed by atoms with Crippen molar-refractivity contribution < 1.29 is 4.79 Å². The Morgan fingerprint density at radius 3 is 2.35 bits per heavy atom. The molecule has 0 unspecified atom stereocenters. The number of hydrogen-bond acceptors (Lipinski definition) is 5. The summed E-state index contributed by atoms with van der Waals surface area (Å²) in [5, 5.41) is 6.06. The van der Waals surface area contributed by atoms with Crippen LogP contribution >= 0.6 is 0 Å². The molecular weight excluding hydrogens is 326 g/mol. The van der Waals surface area contributed by atoms with Crippen LogP contribution < -0.4 is 10.6 Å². The van der Waals surface area contributed by atoms with Gasteiger partial charge in [-0.25, -0.2) is 9.97 Å². The molecule has 0 bridgehead atoms. The standard InChI is InChI=1S/C20H29N5O/c1-14-13-17(18(26)21-11-12-25(5)6)24-19(22-14)23-16-9-7-15(8-10-16)20(2,3)4/h7-10,13H,11-12H2,1-6H3,(H,21,26)(H,22,23,24). The van der Waals surface area contributed by atoms with Crippen LogP contribution in [0, 0.1) is 6.92 Å². The van der Waals surface area contributed by atoms with Gasteiger partial charge in [0.25, 0.3) is 5.91 Å². The molecule has 1 amide bonds. The van der Waals surface area contributed by atoms with Crippen molar-refractivity contribution in [3.8, 4) is 0 Å². The van der Waals surface area contributed by atoms with Crippen molar-refractivity contribution in [3.63, 3.8) is 0 Å². The van der Waals surface area contributed by atoms with Crippen molar-refractivity contribution in [2.24, 2.45) is 0 Å². The molecule has 0 radical (unpaired) electrons. The van der Waals surface area contributed by atoms with Crippen molar-refractivity contribution in [3.05, 3.63) is 47.3 Å². The van der Waals surface area contributed by atoms with Crippen LogP contribution in [0.5, 0.6) is 0 Å². The molecule has 1 heterocycles. The molecule has 1 aromatic heterocycles. The number of likely N-dealkylation sites (N-methyl/N-ethyl adjacent to an activating group) is 1. The molecule has 26 heavy (non-hydrogen) atoms. The maximum Gasteiger partial charge on any atom is 0.270 e. The van der Waals surface area contributed by atoms with Crippen LogP contribution in [0.3, 0.4) is 0 Å². The lowest BCUT2D eigenvalue weighted by Crippen LogP contribution is -2.32. The summed E-state index contributed by atoms with van der Waals surface area (Å²) in [6.45, 7) is 9.75. The Balaban J connectivity index is 2.10. The maximum absolute atomic E-state index is 12.3. The number of hydrogen-bond donors (Lipinski definition) is 2. The fourth-order valence-corrected chi connectivity index (χ4v) is 2.41. The third kappa shape index (κ3) is 5.81. The Labute approximate surface area is 156 Å². The fourth-order valence-electron chi connectivity index (χ4n) is 2.41. The van der Waals surface area contributed by atoms with Gasteiger partial charge in [-0.1, -0.05) is 32.9 Å². The van der Waals surface area contributed by atoms with Crippen molar-refractivity contribution in [2.45, 2.75) is 33.1 Å². The first kappa shape index (κ1) is 19.8. The minimum atomic E-state index is -0.191. The largest absolute Gasteiger partial charge is 0.349 e. The van der Waals surface area contributed by atoms with Crippen LogP contribution in [-0.2, 0) is 5.41 Å². The lowest BCUT2D eigenvalue weighted by atomic mass is 9.87. The minimum absolute atomic E-state index is 0.107. The van der Waals surface area contributed by atoms with Gasteiger partial charge in [-0.15, -0.1) is 0 Å². The second kappa shape index (κ2) is 8.27.